The smallest absolute Gasteiger partial charge is 0.223 e. The van der Waals surface area contributed by atoms with Crippen LogP contribution in [0.3, 0.4) is 0 Å². The molecule has 0 fully saturated rings. The zero-order chi connectivity index (χ0) is 13.0. The minimum Gasteiger partial charge on any atom is -0.369 e. The van der Waals surface area contributed by atoms with E-state index in [-0.39, 0.29) is 24.2 Å². The number of nitrogens with zero attached hydrogens (tertiary/aromatic N) is 3. The fourth-order valence-corrected chi connectivity index (χ4v) is 1.53. The minimum atomic E-state index is -0.321. The van der Waals surface area contributed by atoms with E-state index in [4.69, 9.17) is 11.5 Å². The molecule has 102 valence electrons. The van der Waals surface area contributed by atoms with Crippen LogP contribution in [-0.4, -0.2) is 29.9 Å². The normalized spacial score (nSPS) is 15.5. The van der Waals surface area contributed by atoms with Gasteiger partial charge in [-0.15, -0.1) is 12.4 Å². The highest BCUT2D eigenvalue weighted by molar-refractivity contribution is 5.94. The molecular weight excluding hydrogens is 269 g/mol. The van der Waals surface area contributed by atoms with Gasteiger partial charge in [-0.3, -0.25) is 0 Å². The molecule has 7 heteroatoms. The number of rotatable bonds is 1. The second kappa shape index (κ2) is 6.75. The Labute approximate surface area is 116 Å². The molecule has 2 rings (SSSR count). The number of halogens is 2. The highest BCUT2D eigenvalue weighted by Gasteiger charge is 2.08. The van der Waals surface area contributed by atoms with Gasteiger partial charge in [-0.05, 0) is 24.3 Å². The van der Waals surface area contributed by atoms with Gasteiger partial charge in [0.1, 0.15) is 5.82 Å². The molecule has 0 unspecified atom stereocenters. The lowest BCUT2D eigenvalue weighted by atomic mass is 10.3. The molecule has 0 saturated carbocycles. The summed E-state index contributed by atoms with van der Waals surface area (Å²) in [4.78, 5) is 9.87. The van der Waals surface area contributed by atoms with Gasteiger partial charge in [-0.2, -0.15) is 4.99 Å². The third kappa shape index (κ3) is 4.26. The molecule has 1 aliphatic rings. The van der Waals surface area contributed by atoms with Crippen molar-refractivity contribution >= 4 is 30.0 Å². The van der Waals surface area contributed by atoms with E-state index in [1.807, 2.05) is 17.1 Å². The summed E-state index contributed by atoms with van der Waals surface area (Å²) in [6.07, 6.45) is 3.99. The first kappa shape index (κ1) is 15.0. The standard InChI is InChI=1S/C12H14FN5.ClH/c13-9-3-5-10(6-4-9)16-11(14)17-12(15)18-7-1-2-8-18;/h1-6H,7-8H2,(H4,14,15,16,17);1H. The fraction of sp³-hybridized carbons (Fsp3) is 0.167. The lowest BCUT2D eigenvalue weighted by Gasteiger charge is -2.15. The Morgan fingerprint density at radius 2 is 1.68 bits per heavy atom. The van der Waals surface area contributed by atoms with E-state index >= 15 is 0 Å². The first-order valence-electron chi connectivity index (χ1n) is 5.49. The summed E-state index contributed by atoms with van der Waals surface area (Å²) in [6, 6.07) is 5.66. The lowest BCUT2D eigenvalue weighted by Crippen LogP contribution is -2.36. The van der Waals surface area contributed by atoms with Gasteiger partial charge in [0.15, 0.2) is 5.96 Å². The number of hydrogen-bond acceptors (Lipinski definition) is 1. The van der Waals surface area contributed by atoms with E-state index in [2.05, 4.69) is 9.98 Å². The van der Waals surface area contributed by atoms with Crippen LogP contribution in [0.5, 0.6) is 0 Å². The summed E-state index contributed by atoms with van der Waals surface area (Å²) in [5.41, 5.74) is 12.0. The molecule has 0 radical (unpaired) electrons. The Kier molecular flexibility index (Phi) is 5.32. The molecule has 19 heavy (non-hydrogen) atoms. The maximum absolute atomic E-state index is 12.7. The monoisotopic (exact) mass is 283 g/mol. The lowest BCUT2D eigenvalue weighted by molar-refractivity contribution is 0.534. The molecule has 1 aliphatic heterocycles. The molecule has 4 N–H and O–H groups in total. The van der Waals surface area contributed by atoms with Crippen molar-refractivity contribution in [2.24, 2.45) is 21.5 Å². The van der Waals surface area contributed by atoms with Crippen molar-refractivity contribution in [2.45, 2.75) is 0 Å². The van der Waals surface area contributed by atoms with Crippen LogP contribution in [0.4, 0.5) is 10.1 Å². The van der Waals surface area contributed by atoms with Crippen LogP contribution < -0.4 is 11.5 Å². The summed E-state index contributed by atoms with van der Waals surface area (Å²) < 4.78 is 12.7. The first-order valence-corrected chi connectivity index (χ1v) is 5.49. The molecule has 0 atom stereocenters. The molecular formula is C12H15ClFN5. The Morgan fingerprint density at radius 3 is 2.26 bits per heavy atom. The minimum absolute atomic E-state index is 0. The first-order chi connectivity index (χ1) is 8.65. The predicted octanol–water partition coefficient (Wildman–Crippen LogP) is 1.38. The largest absolute Gasteiger partial charge is 0.369 e. The Morgan fingerprint density at radius 1 is 1.11 bits per heavy atom. The van der Waals surface area contributed by atoms with E-state index in [1.165, 1.54) is 24.3 Å². The SMILES string of the molecule is Cl.NC(=Nc1ccc(F)cc1)N=C(N)N1CC=CC1. The van der Waals surface area contributed by atoms with Crippen molar-refractivity contribution in [1.29, 1.82) is 0 Å². The highest BCUT2D eigenvalue weighted by Crippen LogP contribution is 2.12. The van der Waals surface area contributed by atoms with Crippen molar-refractivity contribution in [3.8, 4) is 0 Å². The maximum Gasteiger partial charge on any atom is 0.223 e. The Balaban J connectivity index is 0.00000180. The van der Waals surface area contributed by atoms with Crippen LogP contribution >= 0.6 is 12.4 Å². The maximum atomic E-state index is 12.7. The van der Waals surface area contributed by atoms with Gasteiger partial charge in [-0.1, -0.05) is 12.2 Å². The van der Waals surface area contributed by atoms with Gasteiger partial charge in [0.05, 0.1) is 5.69 Å². The van der Waals surface area contributed by atoms with Gasteiger partial charge >= 0.3 is 0 Å². The van der Waals surface area contributed by atoms with Crippen molar-refractivity contribution in [3.63, 3.8) is 0 Å². The van der Waals surface area contributed by atoms with Gasteiger partial charge in [0, 0.05) is 13.1 Å². The van der Waals surface area contributed by atoms with Crippen LogP contribution in [0.2, 0.25) is 0 Å². The summed E-state index contributed by atoms with van der Waals surface area (Å²) in [5.74, 6) is 0.0491. The van der Waals surface area contributed by atoms with Crippen LogP contribution in [0.1, 0.15) is 0 Å². The van der Waals surface area contributed by atoms with Crippen molar-refractivity contribution in [1.82, 2.24) is 4.90 Å². The average molecular weight is 284 g/mol. The number of guanidine groups is 2. The van der Waals surface area contributed by atoms with Gasteiger partial charge in [0.25, 0.3) is 0 Å². The Hall–Kier alpha value is -2.08. The molecule has 5 nitrogen and oxygen atoms in total. The van der Waals surface area contributed by atoms with Gasteiger partial charge < -0.3 is 16.4 Å². The summed E-state index contributed by atoms with van der Waals surface area (Å²) in [5, 5.41) is 0. The summed E-state index contributed by atoms with van der Waals surface area (Å²) in [6.45, 7) is 1.44. The summed E-state index contributed by atoms with van der Waals surface area (Å²) in [7, 11) is 0. The van der Waals surface area contributed by atoms with Crippen LogP contribution in [0.15, 0.2) is 46.4 Å². The number of nitrogens with two attached hydrogens (primary N) is 2. The summed E-state index contributed by atoms with van der Waals surface area (Å²) >= 11 is 0. The number of hydrogen-bond donors (Lipinski definition) is 2. The number of benzene rings is 1. The Bertz CT molecular complexity index is 501. The predicted molar refractivity (Wildman–Crippen MR) is 77.3 cm³/mol. The zero-order valence-corrected chi connectivity index (χ0v) is 11.0. The molecule has 0 aromatic heterocycles. The molecule has 0 spiro atoms. The average Bonchev–Trinajstić information content (AvgIpc) is 2.85. The van der Waals surface area contributed by atoms with Crippen molar-refractivity contribution < 1.29 is 4.39 Å². The molecule has 0 aliphatic carbocycles. The number of aliphatic imine (C=N–C) groups is 2. The molecule has 0 saturated heterocycles. The molecule has 1 heterocycles. The van der Waals surface area contributed by atoms with Crippen LogP contribution in [0, 0.1) is 5.82 Å². The van der Waals surface area contributed by atoms with Crippen LogP contribution in [-0.2, 0) is 0 Å². The van der Waals surface area contributed by atoms with E-state index in [0.717, 1.165) is 13.1 Å². The molecule has 0 amide bonds. The van der Waals surface area contributed by atoms with Crippen LogP contribution in [0.25, 0.3) is 0 Å². The van der Waals surface area contributed by atoms with Gasteiger partial charge in [0.2, 0.25) is 5.96 Å². The van der Waals surface area contributed by atoms with Gasteiger partial charge in [-0.25, -0.2) is 9.38 Å². The quantitative estimate of drug-likeness (QED) is 0.464. The van der Waals surface area contributed by atoms with E-state index < -0.39 is 0 Å². The zero-order valence-electron chi connectivity index (χ0n) is 10.2. The molecule has 0 bridgehead atoms. The third-order valence-corrected chi connectivity index (χ3v) is 2.44. The topological polar surface area (TPSA) is 80.0 Å². The third-order valence-electron chi connectivity index (χ3n) is 2.44. The van der Waals surface area contributed by atoms with Crippen molar-refractivity contribution in [3.05, 3.63) is 42.2 Å². The molecule has 1 aromatic rings. The van der Waals surface area contributed by atoms with E-state index in [9.17, 15) is 4.39 Å². The van der Waals surface area contributed by atoms with Crippen molar-refractivity contribution in [2.75, 3.05) is 13.1 Å². The van der Waals surface area contributed by atoms with E-state index in [0.29, 0.717) is 11.6 Å². The van der Waals surface area contributed by atoms with E-state index in [1.54, 1.807) is 0 Å². The second-order valence-electron chi connectivity index (χ2n) is 3.79. The highest BCUT2D eigenvalue weighted by atomic mass is 35.5. The fourth-order valence-electron chi connectivity index (χ4n) is 1.53. The molecule has 1 aromatic carbocycles. The second-order valence-corrected chi connectivity index (χ2v) is 3.79.